The second-order valence-electron chi connectivity index (χ2n) is 5.18. The molecule has 7 nitrogen and oxygen atoms in total. The van der Waals surface area contributed by atoms with Crippen molar-refractivity contribution < 1.29 is 14.7 Å². The average Bonchev–Trinajstić information content (AvgIpc) is 3.08. The minimum absolute atomic E-state index is 0.000703. The summed E-state index contributed by atoms with van der Waals surface area (Å²) in [6, 6.07) is 7.48. The number of carbonyl (C=O) groups is 2. The van der Waals surface area contributed by atoms with Gasteiger partial charge in [0.15, 0.2) is 0 Å². The molecule has 1 aromatic carbocycles. The third-order valence-corrected chi connectivity index (χ3v) is 3.54. The molecule has 0 bridgehead atoms. The van der Waals surface area contributed by atoms with Gasteiger partial charge in [0.25, 0.3) is 11.8 Å². The monoisotopic (exact) mass is 312 g/mol. The first-order valence-electron chi connectivity index (χ1n) is 7.13. The molecule has 3 rings (SSSR count). The van der Waals surface area contributed by atoms with Crippen LogP contribution in [0.3, 0.4) is 0 Å². The van der Waals surface area contributed by atoms with E-state index in [0.29, 0.717) is 5.69 Å². The number of benzene rings is 1. The molecule has 0 unspecified atom stereocenters. The van der Waals surface area contributed by atoms with E-state index < -0.39 is 11.8 Å². The number of hydrogen-bond acceptors (Lipinski definition) is 5. The van der Waals surface area contributed by atoms with Crippen LogP contribution in [0.5, 0.6) is 0 Å². The molecular weight excluding hydrogens is 296 g/mol. The molecule has 2 aromatic rings. The lowest BCUT2D eigenvalue weighted by Gasteiger charge is -2.13. The van der Waals surface area contributed by atoms with Crippen LogP contribution in [0, 0.1) is 0 Å². The number of nitrogens with one attached hydrogen (secondary N) is 1. The van der Waals surface area contributed by atoms with E-state index in [1.807, 2.05) is 37.5 Å². The van der Waals surface area contributed by atoms with Crippen LogP contribution in [0.1, 0.15) is 0 Å². The number of imide groups is 1. The predicted molar refractivity (Wildman–Crippen MR) is 84.2 cm³/mol. The Morgan fingerprint density at radius 1 is 1.17 bits per heavy atom. The predicted octanol–water partition coefficient (Wildman–Crippen LogP) is 0.744. The summed E-state index contributed by atoms with van der Waals surface area (Å²) < 4.78 is 1.73. The first-order chi connectivity index (χ1) is 11.1. The van der Waals surface area contributed by atoms with Gasteiger partial charge in [-0.05, 0) is 17.7 Å². The minimum atomic E-state index is -0.430. The third-order valence-electron chi connectivity index (χ3n) is 3.54. The number of rotatable bonds is 5. The van der Waals surface area contributed by atoms with Gasteiger partial charge in [-0.15, -0.1) is 0 Å². The topological polar surface area (TPSA) is 87.5 Å². The van der Waals surface area contributed by atoms with E-state index >= 15 is 0 Å². The summed E-state index contributed by atoms with van der Waals surface area (Å²) in [4.78, 5) is 24.7. The maximum atomic E-state index is 12.1. The molecule has 7 heteroatoms. The van der Waals surface area contributed by atoms with Crippen LogP contribution >= 0.6 is 0 Å². The molecule has 0 saturated carbocycles. The molecule has 2 N–H and O–H groups in total. The van der Waals surface area contributed by atoms with Crippen LogP contribution in [0.4, 0.5) is 5.69 Å². The fourth-order valence-corrected chi connectivity index (χ4v) is 2.38. The van der Waals surface area contributed by atoms with Crippen molar-refractivity contribution in [1.82, 2.24) is 14.7 Å². The smallest absolute Gasteiger partial charge is 0.277 e. The van der Waals surface area contributed by atoms with E-state index in [2.05, 4.69) is 10.4 Å². The highest BCUT2D eigenvalue weighted by Crippen LogP contribution is 2.22. The van der Waals surface area contributed by atoms with Crippen molar-refractivity contribution in [1.29, 1.82) is 0 Å². The van der Waals surface area contributed by atoms with Crippen LogP contribution in [-0.4, -0.2) is 44.8 Å². The standard InChI is InChI=1S/C16H16N4O3/c1-19-10-12(9-17-19)11-2-4-13(5-3-11)18-14-8-15(22)20(6-7-21)16(14)23/h2-5,8-10,18,21H,6-7H2,1H3. The van der Waals surface area contributed by atoms with Crippen molar-refractivity contribution in [3.05, 3.63) is 48.4 Å². The highest BCUT2D eigenvalue weighted by atomic mass is 16.3. The Morgan fingerprint density at radius 3 is 2.52 bits per heavy atom. The molecule has 0 spiro atoms. The first-order valence-corrected chi connectivity index (χ1v) is 7.13. The zero-order valence-electron chi connectivity index (χ0n) is 12.6. The number of aliphatic hydroxyl groups is 1. The number of β-amino-alcohol motifs (C(OH)–C–C–N with tert-alkyl or cyclic N) is 1. The molecule has 0 saturated heterocycles. The lowest BCUT2D eigenvalue weighted by atomic mass is 10.1. The molecule has 0 aliphatic carbocycles. The molecule has 118 valence electrons. The summed E-state index contributed by atoms with van der Waals surface area (Å²) in [6.07, 6.45) is 4.93. The van der Waals surface area contributed by atoms with E-state index in [9.17, 15) is 9.59 Å². The fraction of sp³-hybridized carbons (Fsp3) is 0.188. The van der Waals surface area contributed by atoms with Gasteiger partial charge in [0.1, 0.15) is 5.70 Å². The second kappa shape index (κ2) is 6.05. The Balaban J connectivity index is 1.73. The van der Waals surface area contributed by atoms with Crippen molar-refractivity contribution in [3.8, 4) is 11.1 Å². The van der Waals surface area contributed by atoms with Gasteiger partial charge in [-0.3, -0.25) is 19.2 Å². The van der Waals surface area contributed by atoms with E-state index in [1.165, 1.54) is 6.08 Å². The van der Waals surface area contributed by atoms with Crippen LogP contribution in [0.15, 0.2) is 48.4 Å². The molecular formula is C16H16N4O3. The van der Waals surface area contributed by atoms with Crippen LogP contribution in [-0.2, 0) is 16.6 Å². The van der Waals surface area contributed by atoms with Gasteiger partial charge >= 0.3 is 0 Å². The summed E-state index contributed by atoms with van der Waals surface area (Å²) >= 11 is 0. The lowest BCUT2D eigenvalue weighted by molar-refractivity contribution is -0.137. The Kier molecular flexibility index (Phi) is 3.94. The lowest BCUT2D eigenvalue weighted by Crippen LogP contribution is -2.34. The molecule has 1 aliphatic rings. The number of amides is 2. The highest BCUT2D eigenvalue weighted by molar-refractivity contribution is 6.17. The first kappa shape index (κ1) is 15.0. The van der Waals surface area contributed by atoms with E-state index in [1.54, 1.807) is 10.9 Å². The number of carbonyl (C=O) groups excluding carboxylic acids is 2. The van der Waals surface area contributed by atoms with Crippen molar-refractivity contribution in [3.63, 3.8) is 0 Å². The van der Waals surface area contributed by atoms with E-state index in [0.717, 1.165) is 16.0 Å². The van der Waals surface area contributed by atoms with Crippen LogP contribution in [0.2, 0.25) is 0 Å². The third kappa shape index (κ3) is 3.00. The number of aromatic nitrogens is 2. The molecule has 0 radical (unpaired) electrons. The van der Waals surface area contributed by atoms with Crippen LogP contribution in [0.25, 0.3) is 11.1 Å². The maximum Gasteiger partial charge on any atom is 0.277 e. The number of hydrogen-bond donors (Lipinski definition) is 2. The normalized spacial score (nSPS) is 14.3. The van der Waals surface area contributed by atoms with E-state index in [4.69, 9.17) is 5.11 Å². The Morgan fingerprint density at radius 2 is 1.91 bits per heavy atom. The van der Waals surface area contributed by atoms with Crippen molar-refractivity contribution in [2.45, 2.75) is 0 Å². The van der Waals surface area contributed by atoms with Gasteiger partial charge in [0, 0.05) is 30.6 Å². The van der Waals surface area contributed by atoms with Gasteiger partial charge in [-0.1, -0.05) is 12.1 Å². The molecule has 1 aliphatic heterocycles. The maximum absolute atomic E-state index is 12.1. The number of aryl methyl sites for hydroxylation is 1. The summed E-state index contributed by atoms with van der Waals surface area (Å²) in [5.41, 5.74) is 2.92. The summed E-state index contributed by atoms with van der Waals surface area (Å²) in [5.74, 6) is -0.848. The Labute approximate surface area is 132 Å². The quantitative estimate of drug-likeness (QED) is 0.795. The Bertz CT molecular complexity index is 777. The molecule has 1 aromatic heterocycles. The average molecular weight is 312 g/mol. The Hall–Kier alpha value is -2.93. The molecule has 23 heavy (non-hydrogen) atoms. The number of nitrogens with zero attached hydrogens (tertiary/aromatic N) is 3. The number of anilines is 1. The SMILES string of the molecule is Cn1cc(-c2ccc(NC3=CC(=O)N(CCO)C3=O)cc2)cn1. The van der Waals surface area contributed by atoms with Gasteiger partial charge < -0.3 is 10.4 Å². The fourth-order valence-electron chi connectivity index (χ4n) is 2.38. The van der Waals surface area contributed by atoms with Gasteiger partial charge in [0.05, 0.1) is 19.3 Å². The van der Waals surface area contributed by atoms with Gasteiger partial charge in [-0.25, -0.2) is 0 Å². The zero-order valence-corrected chi connectivity index (χ0v) is 12.6. The largest absolute Gasteiger partial charge is 0.395 e. The van der Waals surface area contributed by atoms with Crippen molar-refractivity contribution in [2.24, 2.45) is 7.05 Å². The minimum Gasteiger partial charge on any atom is -0.395 e. The van der Waals surface area contributed by atoms with E-state index in [-0.39, 0.29) is 18.8 Å². The second-order valence-corrected chi connectivity index (χ2v) is 5.18. The summed E-state index contributed by atoms with van der Waals surface area (Å²) in [6.45, 7) is -0.252. The zero-order chi connectivity index (χ0) is 16.4. The van der Waals surface area contributed by atoms with Crippen LogP contribution < -0.4 is 5.32 Å². The summed E-state index contributed by atoms with van der Waals surface area (Å²) in [7, 11) is 1.85. The number of aliphatic hydroxyl groups excluding tert-OH is 1. The van der Waals surface area contributed by atoms with Gasteiger partial charge in [-0.2, -0.15) is 5.10 Å². The summed E-state index contributed by atoms with van der Waals surface area (Å²) in [5, 5.41) is 15.9. The van der Waals surface area contributed by atoms with Crippen molar-refractivity contribution in [2.75, 3.05) is 18.5 Å². The molecule has 0 atom stereocenters. The molecule has 2 heterocycles. The van der Waals surface area contributed by atoms with Gasteiger partial charge in [0.2, 0.25) is 0 Å². The molecule has 2 amide bonds. The molecule has 0 fully saturated rings. The van der Waals surface area contributed by atoms with Crippen molar-refractivity contribution >= 4 is 17.5 Å². The highest BCUT2D eigenvalue weighted by Gasteiger charge is 2.30.